The van der Waals surface area contributed by atoms with Crippen molar-refractivity contribution in [2.75, 3.05) is 18.8 Å². The van der Waals surface area contributed by atoms with Crippen molar-refractivity contribution in [3.63, 3.8) is 0 Å². The summed E-state index contributed by atoms with van der Waals surface area (Å²) in [5, 5.41) is 6.24. The van der Waals surface area contributed by atoms with E-state index in [4.69, 9.17) is 13.1 Å². The van der Waals surface area contributed by atoms with E-state index in [1.54, 1.807) is 12.1 Å². The van der Waals surface area contributed by atoms with Crippen LogP contribution in [0.1, 0.15) is 15.9 Å². The number of ether oxygens (including phenoxy) is 1. The van der Waals surface area contributed by atoms with Crippen LogP contribution in [0.3, 0.4) is 0 Å². The fourth-order valence-corrected chi connectivity index (χ4v) is 5.63. The van der Waals surface area contributed by atoms with Crippen LogP contribution in [0, 0.1) is 0 Å². The zero-order chi connectivity index (χ0) is 24.6. The summed E-state index contributed by atoms with van der Waals surface area (Å²) in [4.78, 5) is 12.8. The Morgan fingerprint density at radius 2 is 1.44 bits per heavy atom. The van der Waals surface area contributed by atoms with Gasteiger partial charge in [-0.15, -0.1) is 0 Å². The van der Waals surface area contributed by atoms with Crippen molar-refractivity contribution < 1.29 is 17.9 Å². The molecule has 6 aromatic rings. The molecule has 0 bridgehead atoms. The molecule has 1 unspecified atom stereocenters. The largest absolute Gasteiger partial charge is 0.457 e. The molecule has 0 saturated carbocycles. The van der Waals surface area contributed by atoms with Gasteiger partial charge in [-0.2, -0.15) is 0 Å². The maximum atomic E-state index is 12.8. The Labute approximate surface area is 209 Å². The van der Waals surface area contributed by atoms with E-state index >= 15 is 0 Å². The summed E-state index contributed by atoms with van der Waals surface area (Å²) in [7, 11) is 2.44. The second kappa shape index (κ2) is 9.19. The van der Waals surface area contributed by atoms with Gasteiger partial charge in [0.05, 0.1) is 5.56 Å². The van der Waals surface area contributed by atoms with E-state index in [0.717, 1.165) is 43.5 Å². The fraction of sp³-hybridized carbons (Fsp3) is 0.100. The molecular weight excluding hydrogens is 469 g/mol. The van der Waals surface area contributed by atoms with E-state index in [0.29, 0.717) is 11.1 Å². The molecule has 178 valence electrons. The highest BCUT2D eigenvalue weighted by atomic mass is 31.1. The number of carbonyl (C=O) groups excluding carboxylic acids is 1. The normalized spacial score (nSPS) is 12.0. The molecule has 0 fully saturated rings. The van der Waals surface area contributed by atoms with Crippen LogP contribution in [-0.4, -0.2) is 20.1 Å². The maximum Gasteiger partial charge on any atom is 0.338 e. The molecule has 6 rings (SSSR count). The molecule has 0 N–H and O–H groups in total. The lowest BCUT2D eigenvalue weighted by Gasteiger charge is -2.11. The van der Waals surface area contributed by atoms with Gasteiger partial charge in [0.1, 0.15) is 12.2 Å². The lowest BCUT2D eigenvalue weighted by molar-refractivity contribution is 0.0474. The van der Waals surface area contributed by atoms with Crippen molar-refractivity contribution >= 4 is 57.6 Å². The van der Waals surface area contributed by atoms with Gasteiger partial charge < -0.3 is 13.1 Å². The van der Waals surface area contributed by atoms with Crippen molar-refractivity contribution in [1.29, 1.82) is 0 Å². The average Bonchev–Trinajstić information content (AvgIpc) is 3.10. The summed E-state index contributed by atoms with van der Waals surface area (Å²) in [6, 6.07) is 31.7. The molecular formula is C30H24NO4P. The fourth-order valence-electron chi connectivity index (χ4n) is 4.58. The molecule has 1 aromatic heterocycles. The minimum Gasteiger partial charge on any atom is -0.457 e. The molecule has 0 saturated heterocycles. The summed E-state index contributed by atoms with van der Waals surface area (Å²) >= 11 is 0. The maximum absolute atomic E-state index is 12.8. The first kappa shape index (κ1) is 22.4. The van der Waals surface area contributed by atoms with Crippen LogP contribution >= 0.6 is 8.16 Å². The average molecular weight is 493 g/mol. The lowest BCUT2D eigenvalue weighted by Crippen LogP contribution is -2.05. The number of benzene rings is 5. The number of hydrogen-bond acceptors (Lipinski definition) is 5. The van der Waals surface area contributed by atoms with Crippen molar-refractivity contribution in [3.8, 4) is 0 Å². The zero-order valence-corrected chi connectivity index (χ0v) is 20.9. The Morgan fingerprint density at radius 3 is 2.19 bits per heavy atom. The molecule has 1 heterocycles. The first-order chi connectivity index (χ1) is 17.6. The van der Waals surface area contributed by atoms with E-state index in [1.165, 1.54) is 0 Å². The van der Waals surface area contributed by atoms with Gasteiger partial charge in [-0.05, 0) is 45.8 Å². The molecule has 5 aromatic carbocycles. The van der Waals surface area contributed by atoms with Crippen molar-refractivity contribution in [3.05, 3.63) is 108 Å². The molecule has 0 aliphatic heterocycles. The summed E-state index contributed by atoms with van der Waals surface area (Å²) in [6.45, 7) is 0.0809. The summed E-state index contributed by atoms with van der Waals surface area (Å²) < 4.78 is 20.8. The third-order valence-electron chi connectivity index (χ3n) is 6.26. The number of hydrogen-bond donors (Lipinski definition) is 0. The molecule has 5 nitrogen and oxygen atoms in total. The highest BCUT2D eigenvalue weighted by molar-refractivity contribution is 7.38. The molecule has 0 aliphatic carbocycles. The zero-order valence-electron chi connectivity index (χ0n) is 20.0. The minimum absolute atomic E-state index is 0.0809. The van der Waals surface area contributed by atoms with Crippen LogP contribution in [0.5, 0.6) is 0 Å². The lowest BCUT2D eigenvalue weighted by atomic mass is 9.96. The standard InChI is InChI=1S/C30H24NO4P/c1-31(2)36-34-26-17-16-20-10-6-8-14-24(20)27(26)28-25-15-9-7-13-22(25)18-23(29(28)35-36)19-33-30(32)21-11-4-3-5-12-21/h3-18H,19H2,1-2H3. The van der Waals surface area contributed by atoms with Gasteiger partial charge in [0, 0.05) is 30.4 Å². The SMILES string of the molecule is CN(C)p1oc2ccc3ccccc3c2c2c(o1)c(COC(=O)c1ccccc1)cc1ccccc12. The van der Waals surface area contributed by atoms with E-state index in [9.17, 15) is 4.79 Å². The summed E-state index contributed by atoms with van der Waals surface area (Å²) in [5.74, 6) is -0.372. The third-order valence-corrected chi connectivity index (χ3v) is 7.60. The van der Waals surface area contributed by atoms with Crippen LogP contribution in [0.15, 0.2) is 105 Å². The minimum atomic E-state index is -1.43. The van der Waals surface area contributed by atoms with Gasteiger partial charge >= 0.3 is 14.1 Å². The Morgan fingerprint density at radius 1 is 0.778 bits per heavy atom. The third kappa shape index (κ3) is 3.93. The number of nitrogens with zero attached hydrogens (tertiary/aromatic N) is 1. The molecule has 6 heteroatoms. The molecule has 36 heavy (non-hydrogen) atoms. The van der Waals surface area contributed by atoms with Gasteiger partial charge in [0.2, 0.25) is 0 Å². The first-order valence-corrected chi connectivity index (χ1v) is 12.9. The summed E-state index contributed by atoms with van der Waals surface area (Å²) in [6.07, 6.45) is 0. The van der Waals surface area contributed by atoms with E-state index in [1.807, 2.05) is 73.4 Å². The van der Waals surface area contributed by atoms with E-state index < -0.39 is 8.16 Å². The topological polar surface area (TPSA) is 55.8 Å². The van der Waals surface area contributed by atoms with Crippen LogP contribution in [-0.2, 0) is 11.3 Å². The van der Waals surface area contributed by atoms with Gasteiger partial charge in [-0.1, -0.05) is 72.8 Å². The first-order valence-electron chi connectivity index (χ1n) is 11.7. The number of fused-ring (bicyclic) bond motifs is 7. The predicted molar refractivity (Wildman–Crippen MR) is 147 cm³/mol. The summed E-state index contributed by atoms with van der Waals surface area (Å²) in [5.41, 5.74) is 2.77. The van der Waals surface area contributed by atoms with E-state index in [-0.39, 0.29) is 12.6 Å². The monoisotopic (exact) mass is 493 g/mol. The molecule has 0 amide bonds. The Kier molecular flexibility index (Phi) is 5.73. The smallest absolute Gasteiger partial charge is 0.338 e. The Balaban J connectivity index is 1.70. The van der Waals surface area contributed by atoms with Crippen LogP contribution in [0.25, 0.3) is 43.5 Å². The highest BCUT2D eigenvalue weighted by Gasteiger charge is 2.18. The van der Waals surface area contributed by atoms with Crippen LogP contribution < -0.4 is 4.67 Å². The van der Waals surface area contributed by atoms with Crippen LogP contribution in [0.4, 0.5) is 0 Å². The number of esters is 1. The molecule has 1 atom stereocenters. The van der Waals surface area contributed by atoms with Crippen molar-refractivity contribution in [2.24, 2.45) is 0 Å². The molecule has 0 spiro atoms. The van der Waals surface area contributed by atoms with Gasteiger partial charge in [0.15, 0.2) is 5.58 Å². The number of rotatable bonds is 4. The second-order valence-electron chi connectivity index (χ2n) is 8.83. The second-order valence-corrected chi connectivity index (χ2v) is 10.5. The van der Waals surface area contributed by atoms with Gasteiger partial charge in [-0.3, -0.25) is 0 Å². The van der Waals surface area contributed by atoms with Crippen LogP contribution in [0.2, 0.25) is 0 Å². The van der Waals surface area contributed by atoms with E-state index in [2.05, 4.69) is 30.3 Å². The van der Waals surface area contributed by atoms with Gasteiger partial charge in [-0.25, -0.2) is 9.46 Å². The Hall–Kier alpha value is -4.05. The van der Waals surface area contributed by atoms with Crippen molar-refractivity contribution in [1.82, 2.24) is 0 Å². The predicted octanol–water partition coefficient (Wildman–Crippen LogP) is 8.15. The number of carbonyl (C=O) groups is 1. The Bertz CT molecular complexity index is 1790. The molecule has 0 radical (unpaired) electrons. The van der Waals surface area contributed by atoms with Crippen molar-refractivity contribution in [2.45, 2.75) is 6.61 Å². The van der Waals surface area contributed by atoms with Gasteiger partial charge in [0.25, 0.3) is 0 Å². The highest BCUT2D eigenvalue weighted by Crippen LogP contribution is 2.42. The quantitative estimate of drug-likeness (QED) is 0.232. The molecule has 0 aliphatic rings.